The fraction of sp³-hybridized carbons (Fsp3) is 0.0357. The summed E-state index contributed by atoms with van der Waals surface area (Å²) in [7, 11) is 0. The minimum atomic E-state index is -0.0785. The third kappa shape index (κ3) is 3.62. The zero-order valence-electron chi connectivity index (χ0n) is 16.8. The summed E-state index contributed by atoms with van der Waals surface area (Å²) in [6.45, 7) is 0. The van der Waals surface area contributed by atoms with Crippen molar-refractivity contribution in [1.82, 2.24) is 0 Å². The highest BCUT2D eigenvalue weighted by molar-refractivity contribution is 5.80. The van der Waals surface area contributed by atoms with Crippen LogP contribution in [0.4, 0.5) is 0 Å². The number of aromatic hydroxyl groups is 1. The summed E-state index contributed by atoms with van der Waals surface area (Å²) in [6, 6.07) is 32.4. The van der Waals surface area contributed by atoms with Gasteiger partial charge < -0.3 is 9.52 Å². The molecule has 0 saturated carbocycles. The molecule has 0 aliphatic rings. The molecule has 5 rings (SSSR count). The van der Waals surface area contributed by atoms with E-state index in [4.69, 9.17) is 4.42 Å². The molecule has 4 aromatic carbocycles. The molecule has 150 valence electrons. The summed E-state index contributed by atoms with van der Waals surface area (Å²) in [5.74, 6) is 0.695. The summed E-state index contributed by atoms with van der Waals surface area (Å²) >= 11 is 0. The van der Waals surface area contributed by atoms with Crippen LogP contribution in [0.5, 0.6) is 5.75 Å². The second-order valence-corrected chi connectivity index (χ2v) is 7.49. The third-order valence-corrected chi connectivity index (χ3v) is 5.48. The Balaban J connectivity index is 1.69. The van der Waals surface area contributed by atoms with E-state index in [9.17, 15) is 9.90 Å². The van der Waals surface area contributed by atoms with Gasteiger partial charge in [-0.1, -0.05) is 78.9 Å². The number of fused-ring (bicyclic) bond motifs is 1. The summed E-state index contributed by atoms with van der Waals surface area (Å²) in [5.41, 5.74) is 4.56. The lowest BCUT2D eigenvalue weighted by molar-refractivity contribution is 0.469. The van der Waals surface area contributed by atoms with E-state index < -0.39 is 0 Å². The van der Waals surface area contributed by atoms with Crippen LogP contribution in [-0.2, 0) is 6.42 Å². The molecule has 0 radical (unpaired) electrons. The van der Waals surface area contributed by atoms with E-state index in [1.54, 1.807) is 18.2 Å². The van der Waals surface area contributed by atoms with E-state index in [2.05, 4.69) is 0 Å². The van der Waals surface area contributed by atoms with Gasteiger partial charge in [0.05, 0.1) is 5.39 Å². The predicted octanol–water partition coefficient (Wildman–Crippen LogP) is 6.42. The van der Waals surface area contributed by atoms with Crippen molar-refractivity contribution in [2.75, 3.05) is 0 Å². The van der Waals surface area contributed by atoms with Crippen molar-refractivity contribution in [2.45, 2.75) is 6.42 Å². The topological polar surface area (TPSA) is 50.4 Å². The van der Waals surface area contributed by atoms with Crippen LogP contribution in [-0.4, -0.2) is 5.11 Å². The molecule has 3 heteroatoms. The van der Waals surface area contributed by atoms with E-state index in [1.807, 2.05) is 84.9 Å². The van der Waals surface area contributed by atoms with Crippen LogP contribution in [0, 0.1) is 0 Å². The van der Waals surface area contributed by atoms with Gasteiger partial charge in [-0.3, -0.25) is 4.79 Å². The Bertz CT molecular complexity index is 1420. The Morgan fingerprint density at radius 2 is 1.32 bits per heavy atom. The molecular formula is C28H20O3. The van der Waals surface area contributed by atoms with Gasteiger partial charge in [0.25, 0.3) is 0 Å². The van der Waals surface area contributed by atoms with Crippen LogP contribution in [0.3, 0.4) is 0 Å². The highest BCUT2D eigenvalue weighted by Gasteiger charge is 2.18. The van der Waals surface area contributed by atoms with Crippen molar-refractivity contribution in [1.29, 1.82) is 0 Å². The second kappa shape index (κ2) is 7.96. The van der Waals surface area contributed by atoms with Crippen molar-refractivity contribution < 1.29 is 9.52 Å². The molecular weight excluding hydrogens is 384 g/mol. The van der Waals surface area contributed by atoms with Gasteiger partial charge in [0, 0.05) is 17.5 Å². The Labute approximate surface area is 179 Å². The van der Waals surface area contributed by atoms with Crippen LogP contribution in [0.25, 0.3) is 33.4 Å². The number of phenolic OH excluding ortho intramolecular Hbond substituents is 1. The Hall–Kier alpha value is -4.11. The van der Waals surface area contributed by atoms with Crippen LogP contribution in [0.1, 0.15) is 11.1 Å². The standard InChI is InChI=1S/C28H20O3/c29-25-16-15-21(19-9-3-1-4-10-19)17-22(25)18-24-27(30)23-13-7-8-14-26(23)31-28(24)20-11-5-2-6-12-20/h1-17,29H,18H2. The first kappa shape index (κ1) is 18.9. The van der Waals surface area contributed by atoms with Gasteiger partial charge in [-0.15, -0.1) is 0 Å². The summed E-state index contributed by atoms with van der Waals surface area (Å²) in [4.78, 5) is 13.5. The van der Waals surface area contributed by atoms with E-state index in [0.29, 0.717) is 27.9 Å². The van der Waals surface area contributed by atoms with E-state index >= 15 is 0 Å². The van der Waals surface area contributed by atoms with Crippen molar-refractivity contribution in [3.05, 3.63) is 124 Å². The quantitative estimate of drug-likeness (QED) is 0.376. The fourth-order valence-corrected chi connectivity index (χ4v) is 3.89. The molecule has 0 atom stereocenters. The highest BCUT2D eigenvalue weighted by atomic mass is 16.3. The van der Waals surface area contributed by atoms with Gasteiger partial charge in [-0.25, -0.2) is 0 Å². The molecule has 0 unspecified atom stereocenters. The highest BCUT2D eigenvalue weighted by Crippen LogP contribution is 2.31. The van der Waals surface area contributed by atoms with Gasteiger partial charge in [-0.05, 0) is 41.0 Å². The monoisotopic (exact) mass is 404 g/mol. The number of hydrogen-bond acceptors (Lipinski definition) is 3. The largest absolute Gasteiger partial charge is 0.508 e. The van der Waals surface area contributed by atoms with Gasteiger partial charge in [-0.2, -0.15) is 0 Å². The van der Waals surface area contributed by atoms with Crippen molar-refractivity contribution in [3.63, 3.8) is 0 Å². The zero-order valence-corrected chi connectivity index (χ0v) is 16.8. The lowest BCUT2D eigenvalue weighted by Gasteiger charge is -2.12. The molecule has 0 aliphatic heterocycles. The molecule has 0 amide bonds. The first-order chi connectivity index (χ1) is 15.2. The summed E-state index contributed by atoms with van der Waals surface area (Å²) in [6.07, 6.45) is 0.268. The number of para-hydroxylation sites is 1. The lowest BCUT2D eigenvalue weighted by Crippen LogP contribution is -2.12. The Kier molecular flexibility index (Phi) is 4.85. The normalized spacial score (nSPS) is 11.0. The zero-order chi connectivity index (χ0) is 21.2. The molecule has 1 heterocycles. The number of benzene rings is 4. The molecule has 0 saturated heterocycles. The maximum atomic E-state index is 13.5. The van der Waals surface area contributed by atoms with Gasteiger partial charge in [0.2, 0.25) is 0 Å². The Morgan fingerprint density at radius 3 is 2.06 bits per heavy atom. The molecule has 3 nitrogen and oxygen atoms in total. The number of hydrogen-bond donors (Lipinski definition) is 1. The number of phenols is 1. The van der Waals surface area contributed by atoms with Crippen LogP contribution in [0.2, 0.25) is 0 Å². The summed E-state index contributed by atoms with van der Waals surface area (Å²) < 4.78 is 6.21. The van der Waals surface area contributed by atoms with E-state index in [-0.39, 0.29) is 17.6 Å². The second-order valence-electron chi connectivity index (χ2n) is 7.49. The van der Waals surface area contributed by atoms with Crippen molar-refractivity contribution in [3.8, 4) is 28.2 Å². The van der Waals surface area contributed by atoms with Crippen LogP contribution in [0.15, 0.2) is 112 Å². The molecule has 0 fully saturated rings. The van der Waals surface area contributed by atoms with Gasteiger partial charge in [0.1, 0.15) is 17.1 Å². The predicted molar refractivity (Wildman–Crippen MR) is 124 cm³/mol. The Morgan fingerprint density at radius 1 is 0.677 bits per heavy atom. The maximum absolute atomic E-state index is 13.5. The molecule has 1 aromatic heterocycles. The molecule has 0 aliphatic carbocycles. The maximum Gasteiger partial charge on any atom is 0.196 e. The molecule has 0 spiro atoms. The lowest BCUT2D eigenvalue weighted by atomic mass is 9.95. The molecule has 0 bridgehead atoms. The molecule has 5 aromatic rings. The first-order valence-corrected chi connectivity index (χ1v) is 10.2. The minimum absolute atomic E-state index is 0.0785. The minimum Gasteiger partial charge on any atom is -0.508 e. The van der Waals surface area contributed by atoms with Crippen molar-refractivity contribution >= 4 is 11.0 Å². The molecule has 1 N–H and O–H groups in total. The third-order valence-electron chi connectivity index (χ3n) is 5.48. The average molecular weight is 404 g/mol. The fourth-order valence-electron chi connectivity index (χ4n) is 3.89. The average Bonchev–Trinajstić information content (AvgIpc) is 2.83. The number of rotatable bonds is 4. The van der Waals surface area contributed by atoms with E-state index in [1.165, 1.54) is 0 Å². The first-order valence-electron chi connectivity index (χ1n) is 10.2. The van der Waals surface area contributed by atoms with Gasteiger partial charge in [0.15, 0.2) is 5.43 Å². The van der Waals surface area contributed by atoms with Crippen LogP contribution >= 0.6 is 0 Å². The van der Waals surface area contributed by atoms with Crippen LogP contribution < -0.4 is 5.43 Å². The van der Waals surface area contributed by atoms with E-state index in [0.717, 1.165) is 16.7 Å². The van der Waals surface area contributed by atoms with Gasteiger partial charge >= 0.3 is 0 Å². The van der Waals surface area contributed by atoms with Crippen molar-refractivity contribution in [2.24, 2.45) is 0 Å². The smallest absolute Gasteiger partial charge is 0.196 e. The molecule has 31 heavy (non-hydrogen) atoms. The SMILES string of the molecule is O=c1c(Cc2cc(-c3ccccc3)ccc2O)c(-c2ccccc2)oc2ccccc12. The summed E-state index contributed by atoms with van der Waals surface area (Å²) in [5, 5.41) is 11.1.